The number of carbonyl (C=O) groups is 2. The van der Waals surface area contributed by atoms with Crippen molar-refractivity contribution in [1.82, 2.24) is 4.98 Å². The standard InChI is InChI=1S/C10H13NO4S/c1-5-8(10(13)15-3)6(9(16)11-5)4-7(12)14-2/h11,16H,4H2,1-3H3. The first kappa shape index (κ1) is 12.6. The van der Waals surface area contributed by atoms with Crippen LogP contribution in [-0.2, 0) is 20.7 Å². The number of esters is 2. The Morgan fingerprint density at radius 3 is 2.44 bits per heavy atom. The molecule has 0 radical (unpaired) electrons. The summed E-state index contributed by atoms with van der Waals surface area (Å²) in [5, 5.41) is 0.475. The molecule has 0 aliphatic heterocycles. The molecule has 0 aromatic carbocycles. The van der Waals surface area contributed by atoms with Gasteiger partial charge in [0.15, 0.2) is 0 Å². The largest absolute Gasteiger partial charge is 0.469 e. The number of H-pyrrole nitrogens is 1. The summed E-state index contributed by atoms with van der Waals surface area (Å²) in [7, 11) is 2.58. The highest BCUT2D eigenvalue weighted by Gasteiger charge is 2.22. The van der Waals surface area contributed by atoms with Crippen LogP contribution in [0.25, 0.3) is 0 Å². The van der Waals surface area contributed by atoms with Crippen molar-refractivity contribution < 1.29 is 19.1 Å². The van der Waals surface area contributed by atoms with Crippen molar-refractivity contribution in [2.75, 3.05) is 14.2 Å². The molecule has 88 valence electrons. The third kappa shape index (κ3) is 2.38. The van der Waals surface area contributed by atoms with E-state index in [0.717, 1.165) is 0 Å². The van der Waals surface area contributed by atoms with Crippen LogP contribution in [0.3, 0.4) is 0 Å². The summed E-state index contributed by atoms with van der Waals surface area (Å²) >= 11 is 4.16. The van der Waals surface area contributed by atoms with Gasteiger partial charge in [0.25, 0.3) is 0 Å². The third-order valence-electron chi connectivity index (χ3n) is 2.21. The van der Waals surface area contributed by atoms with Gasteiger partial charge in [-0.15, -0.1) is 12.6 Å². The molecule has 0 spiro atoms. The molecule has 0 saturated carbocycles. The number of hydrogen-bond acceptors (Lipinski definition) is 5. The second-order valence-corrected chi connectivity index (χ2v) is 3.64. The normalized spacial score (nSPS) is 10.0. The highest BCUT2D eigenvalue weighted by Crippen LogP contribution is 2.23. The van der Waals surface area contributed by atoms with Crippen molar-refractivity contribution in [3.63, 3.8) is 0 Å². The van der Waals surface area contributed by atoms with Gasteiger partial charge in [0, 0.05) is 11.3 Å². The molecule has 1 heterocycles. The number of thiol groups is 1. The van der Waals surface area contributed by atoms with Crippen molar-refractivity contribution in [3.05, 3.63) is 16.8 Å². The SMILES string of the molecule is COC(=O)Cc1c(S)[nH]c(C)c1C(=O)OC. The summed E-state index contributed by atoms with van der Waals surface area (Å²) in [6.07, 6.45) is -0.00981. The first-order valence-corrected chi connectivity index (χ1v) is 5.01. The predicted molar refractivity (Wildman–Crippen MR) is 59.8 cm³/mol. The Hall–Kier alpha value is -1.43. The van der Waals surface area contributed by atoms with Gasteiger partial charge in [-0.25, -0.2) is 4.79 Å². The molecule has 0 unspecified atom stereocenters. The number of hydrogen-bond donors (Lipinski definition) is 2. The minimum atomic E-state index is -0.493. The average molecular weight is 243 g/mol. The molecular weight excluding hydrogens is 230 g/mol. The van der Waals surface area contributed by atoms with Crippen molar-refractivity contribution in [2.45, 2.75) is 18.4 Å². The first-order valence-electron chi connectivity index (χ1n) is 4.56. The van der Waals surface area contributed by atoms with Crippen molar-refractivity contribution in [2.24, 2.45) is 0 Å². The number of methoxy groups -OCH3 is 2. The van der Waals surface area contributed by atoms with E-state index in [1.807, 2.05) is 0 Å². The molecule has 0 saturated heterocycles. The molecule has 0 amide bonds. The zero-order valence-corrected chi connectivity index (χ0v) is 10.2. The quantitative estimate of drug-likeness (QED) is 0.616. The second kappa shape index (κ2) is 5.07. The Bertz CT molecular complexity index is 425. The third-order valence-corrected chi connectivity index (χ3v) is 2.59. The lowest BCUT2D eigenvalue weighted by atomic mass is 10.1. The second-order valence-electron chi connectivity index (χ2n) is 3.20. The number of aromatic amines is 1. The average Bonchev–Trinajstić information content (AvgIpc) is 2.53. The summed E-state index contributed by atoms with van der Waals surface area (Å²) in [5.74, 6) is -0.924. The summed E-state index contributed by atoms with van der Waals surface area (Å²) in [6, 6.07) is 0. The van der Waals surface area contributed by atoms with Crippen molar-refractivity contribution >= 4 is 24.6 Å². The van der Waals surface area contributed by atoms with Crippen LogP contribution < -0.4 is 0 Å². The summed E-state index contributed by atoms with van der Waals surface area (Å²) in [6.45, 7) is 1.72. The fourth-order valence-corrected chi connectivity index (χ4v) is 1.79. The number of aromatic nitrogens is 1. The van der Waals surface area contributed by atoms with Crippen LogP contribution in [0.2, 0.25) is 0 Å². The summed E-state index contributed by atoms with van der Waals surface area (Å²) in [4.78, 5) is 25.6. The maximum absolute atomic E-state index is 11.5. The van der Waals surface area contributed by atoms with Crippen molar-refractivity contribution in [3.8, 4) is 0 Å². The number of nitrogens with one attached hydrogen (secondary N) is 1. The van der Waals surface area contributed by atoms with E-state index in [1.165, 1.54) is 14.2 Å². The zero-order valence-electron chi connectivity index (χ0n) is 9.29. The van der Waals surface area contributed by atoms with Gasteiger partial charge in [-0.05, 0) is 6.92 Å². The van der Waals surface area contributed by atoms with Crippen LogP contribution in [0.5, 0.6) is 0 Å². The Labute approximate surface area is 98.5 Å². The van der Waals surface area contributed by atoms with Gasteiger partial charge >= 0.3 is 11.9 Å². The molecule has 0 aliphatic carbocycles. The minimum Gasteiger partial charge on any atom is -0.469 e. The van der Waals surface area contributed by atoms with Gasteiger partial charge in [0.2, 0.25) is 0 Å². The van der Waals surface area contributed by atoms with Gasteiger partial charge < -0.3 is 14.5 Å². The fourth-order valence-electron chi connectivity index (χ4n) is 1.43. The Morgan fingerprint density at radius 1 is 1.31 bits per heavy atom. The van der Waals surface area contributed by atoms with Crippen LogP contribution in [-0.4, -0.2) is 31.1 Å². The minimum absolute atomic E-state index is 0.00981. The first-order chi connectivity index (χ1) is 7.51. The number of ether oxygens (including phenoxy) is 2. The highest BCUT2D eigenvalue weighted by atomic mass is 32.1. The topological polar surface area (TPSA) is 68.4 Å². The monoisotopic (exact) mass is 243 g/mol. The number of rotatable bonds is 3. The molecule has 1 aromatic rings. The lowest BCUT2D eigenvalue weighted by Gasteiger charge is -2.03. The van der Waals surface area contributed by atoms with Crippen molar-refractivity contribution in [1.29, 1.82) is 0 Å². The molecule has 1 aromatic heterocycles. The van der Waals surface area contributed by atoms with E-state index in [-0.39, 0.29) is 6.42 Å². The van der Waals surface area contributed by atoms with E-state index in [2.05, 4.69) is 27.1 Å². The molecular formula is C10H13NO4S. The van der Waals surface area contributed by atoms with Crippen LogP contribution >= 0.6 is 12.6 Å². The van der Waals surface area contributed by atoms with Crippen LogP contribution in [0.15, 0.2) is 5.03 Å². The van der Waals surface area contributed by atoms with E-state index in [4.69, 9.17) is 0 Å². The molecule has 6 heteroatoms. The molecule has 0 bridgehead atoms. The predicted octanol–water partition coefficient (Wildman–Crippen LogP) is 1.11. The van der Waals surface area contributed by atoms with Crippen LogP contribution in [0, 0.1) is 6.92 Å². The maximum Gasteiger partial charge on any atom is 0.340 e. The molecule has 0 fully saturated rings. The van der Waals surface area contributed by atoms with Gasteiger partial charge in [-0.3, -0.25) is 4.79 Å². The molecule has 0 atom stereocenters. The van der Waals surface area contributed by atoms with Gasteiger partial charge in [0.05, 0.1) is 31.2 Å². The molecule has 16 heavy (non-hydrogen) atoms. The van der Waals surface area contributed by atoms with Gasteiger partial charge in [0.1, 0.15) is 0 Å². The fraction of sp³-hybridized carbons (Fsp3) is 0.400. The lowest BCUT2D eigenvalue weighted by Crippen LogP contribution is -2.10. The Balaban J connectivity index is 3.15. The lowest BCUT2D eigenvalue weighted by molar-refractivity contribution is -0.139. The summed E-state index contributed by atoms with van der Waals surface area (Å²) in [5.41, 5.74) is 1.47. The molecule has 1 N–H and O–H groups in total. The van der Waals surface area contributed by atoms with Crippen LogP contribution in [0.1, 0.15) is 21.6 Å². The molecule has 0 aliphatic rings. The van der Waals surface area contributed by atoms with Crippen LogP contribution in [0.4, 0.5) is 0 Å². The highest BCUT2D eigenvalue weighted by molar-refractivity contribution is 7.80. The van der Waals surface area contributed by atoms with Gasteiger partial charge in [-0.2, -0.15) is 0 Å². The van der Waals surface area contributed by atoms with E-state index in [1.54, 1.807) is 6.92 Å². The molecule has 5 nitrogen and oxygen atoms in total. The smallest absolute Gasteiger partial charge is 0.340 e. The van der Waals surface area contributed by atoms with E-state index in [0.29, 0.717) is 21.8 Å². The van der Waals surface area contributed by atoms with E-state index < -0.39 is 11.9 Å². The number of aryl methyl sites for hydroxylation is 1. The number of carbonyl (C=O) groups excluding carboxylic acids is 2. The van der Waals surface area contributed by atoms with E-state index in [9.17, 15) is 9.59 Å². The Morgan fingerprint density at radius 2 is 1.94 bits per heavy atom. The molecule has 1 rings (SSSR count). The van der Waals surface area contributed by atoms with Gasteiger partial charge in [-0.1, -0.05) is 0 Å². The summed E-state index contributed by atoms with van der Waals surface area (Å²) < 4.78 is 9.19. The maximum atomic E-state index is 11.5. The van der Waals surface area contributed by atoms with E-state index >= 15 is 0 Å². The Kier molecular flexibility index (Phi) is 4.00. The zero-order chi connectivity index (χ0) is 12.3.